The molecule has 45 heteroatoms. The quantitative estimate of drug-likeness (QED) is 0.0231. The number of anilines is 4. The van der Waals surface area contributed by atoms with Crippen LogP contribution < -0.4 is 30.7 Å². The van der Waals surface area contributed by atoms with Crippen LogP contribution >= 0.6 is 0 Å². The van der Waals surface area contributed by atoms with Crippen LogP contribution in [-0.2, 0) is 76.2 Å². The largest absolute Gasteiger partial charge is 0.476 e. The molecule has 12 aromatic heterocycles. The van der Waals surface area contributed by atoms with Crippen LogP contribution in [0, 0.1) is 23.7 Å². The highest BCUT2D eigenvalue weighted by Crippen LogP contribution is 2.37. The highest BCUT2D eigenvalue weighted by molar-refractivity contribution is 7.88. The number of nitrogens with one attached hydrogen (secondary N) is 5. The minimum absolute atomic E-state index is 0. The van der Waals surface area contributed by atoms with Crippen molar-refractivity contribution >= 4 is 119 Å². The fourth-order valence-corrected chi connectivity index (χ4v) is 18.0. The van der Waals surface area contributed by atoms with Crippen molar-refractivity contribution in [2.45, 2.75) is 190 Å². The zero-order chi connectivity index (χ0) is 94.0. The Labute approximate surface area is 775 Å². The topological polar surface area (TPSA) is 523 Å². The minimum atomic E-state index is -4.64. The van der Waals surface area contributed by atoms with E-state index in [4.69, 9.17) is 43.2 Å². The molecule has 0 radical (unpaired) electrons. The first-order valence-electron chi connectivity index (χ1n) is 44.4. The maximum atomic E-state index is 13.0. The number of nitrogens with zero attached hydrogens (tertiary/aromatic N) is 19. The lowest BCUT2D eigenvalue weighted by Gasteiger charge is -2.39. The molecule has 0 bridgehead atoms. The summed E-state index contributed by atoms with van der Waals surface area (Å²) in [5.74, 6) is 7.38. The average molecular weight is 1890 g/mol. The van der Waals surface area contributed by atoms with Gasteiger partial charge in [-0.05, 0) is 154 Å². The molecule has 4 saturated heterocycles. The SMILES string of the molecule is C.C.CC(C)(C)OC(=O)N1CC(CCCC(=O)c2noc3c2CN(c2ncnc4[nH]ccc24)CC3)C1.CC(C)(C)OC(=O)N1CC(CCN)C1.CS(=O)(=O)N1CC(CCCC(=O)c2noc3c2CN(c2ncnc4[nH]ccc24)CC3)C1.O=C(CCCC1CNC1)c1noc2c1CN(c1ncnc3[nH]ccc13)CC2.O=C(O)c1noc2c1CN(c1ncnc3[nH]ccc13)CC2.O=CC(F)(F)F. The second-order valence-electron chi connectivity index (χ2n) is 36.1. The second-order valence-corrected chi connectivity index (χ2v) is 38.1. The van der Waals surface area contributed by atoms with Crippen molar-refractivity contribution in [1.29, 1.82) is 0 Å². The first-order valence-corrected chi connectivity index (χ1v) is 46.2. The number of rotatable bonds is 23. The summed E-state index contributed by atoms with van der Waals surface area (Å²) in [4.78, 5) is 141. The van der Waals surface area contributed by atoms with Gasteiger partial charge >= 0.3 is 24.3 Å². The number of ketones is 3. The molecule has 0 saturated carbocycles. The number of Topliss-reactive ketones (excluding diaryl/α,β-unsaturated/α-hetero) is 3. The summed E-state index contributed by atoms with van der Waals surface area (Å²) in [5.41, 5.74) is 12.3. The molecule has 20 rings (SSSR count). The van der Waals surface area contributed by atoms with Gasteiger partial charge in [-0.2, -0.15) is 13.2 Å². The zero-order valence-electron chi connectivity index (χ0n) is 74.9. The molecule has 0 aliphatic carbocycles. The third kappa shape index (κ3) is 24.3. The third-order valence-electron chi connectivity index (χ3n) is 24.1. The van der Waals surface area contributed by atoms with Crippen LogP contribution in [0.4, 0.5) is 46.0 Å². The number of aldehydes is 1. The Bertz CT molecular complexity index is 6240. The zero-order valence-corrected chi connectivity index (χ0v) is 75.7. The number of carbonyl (C=O) groups is 7. The van der Waals surface area contributed by atoms with Crippen molar-refractivity contribution in [2.24, 2.45) is 29.4 Å². The number of carboxylic acid groups (broad SMARTS) is 1. The van der Waals surface area contributed by atoms with Gasteiger partial charge in [-0.25, -0.2) is 67.0 Å². The Morgan fingerprint density at radius 3 is 1.03 bits per heavy atom. The number of H-pyrrole nitrogens is 4. The van der Waals surface area contributed by atoms with E-state index in [1.807, 2.05) is 89.3 Å². The van der Waals surface area contributed by atoms with Crippen molar-refractivity contribution in [3.63, 3.8) is 0 Å². The van der Waals surface area contributed by atoms with Gasteiger partial charge in [-0.3, -0.25) is 19.2 Å². The van der Waals surface area contributed by atoms with Gasteiger partial charge in [-0.1, -0.05) is 35.5 Å². The molecular weight excluding hydrogens is 1780 g/mol. The molecule has 8 N–H and O–H groups in total. The van der Waals surface area contributed by atoms with Crippen LogP contribution in [0.1, 0.15) is 208 Å². The lowest BCUT2D eigenvalue weighted by Crippen LogP contribution is -2.52. The summed E-state index contributed by atoms with van der Waals surface area (Å²) in [6.45, 7) is 23.1. The monoisotopic (exact) mass is 1890 g/mol. The van der Waals surface area contributed by atoms with E-state index in [9.17, 15) is 50.4 Å². The summed E-state index contributed by atoms with van der Waals surface area (Å²) in [7, 11) is -3.10. The van der Waals surface area contributed by atoms with Gasteiger partial charge in [0.1, 0.15) is 105 Å². The predicted octanol–water partition coefficient (Wildman–Crippen LogP) is 12.0. The summed E-state index contributed by atoms with van der Waals surface area (Å²) in [6, 6.07) is 7.80. The molecule has 0 unspecified atom stereocenters. The van der Waals surface area contributed by atoms with E-state index < -0.39 is 39.7 Å². The van der Waals surface area contributed by atoms with Crippen LogP contribution in [-0.4, -0.2) is 259 Å². The van der Waals surface area contributed by atoms with Gasteiger partial charge in [-0.15, -0.1) is 0 Å². The molecule has 724 valence electrons. The van der Waals surface area contributed by atoms with Crippen molar-refractivity contribution in [3.8, 4) is 0 Å². The Morgan fingerprint density at radius 1 is 0.467 bits per heavy atom. The Balaban J connectivity index is 0.000000143. The Morgan fingerprint density at radius 2 is 0.756 bits per heavy atom. The number of aromatic nitrogens is 16. The summed E-state index contributed by atoms with van der Waals surface area (Å²) in [5, 5.41) is 32.2. The Kier molecular flexibility index (Phi) is 31.6. The number of carboxylic acids is 1. The fourth-order valence-electron chi connectivity index (χ4n) is 17.1. The molecule has 4 fully saturated rings. The number of alkyl halides is 3. The molecule has 0 aromatic carbocycles. The minimum Gasteiger partial charge on any atom is -0.476 e. The van der Waals surface area contributed by atoms with E-state index in [2.05, 4.69) is 100 Å². The van der Waals surface area contributed by atoms with Crippen molar-refractivity contribution in [1.82, 2.24) is 99.9 Å². The van der Waals surface area contributed by atoms with Gasteiger partial charge in [0.15, 0.2) is 40.1 Å². The fraction of sp³-hybridized carbons (Fsp3) is 0.522. The normalized spacial score (nSPS) is 16.2. The molecule has 0 spiro atoms. The highest BCUT2D eigenvalue weighted by atomic mass is 32.2. The molecule has 2 amide bonds. The number of aromatic amines is 4. The number of hydrogen-bond donors (Lipinski definition) is 7. The molecule has 20 heterocycles. The molecular formula is C90H116F3N25O16S. The third-order valence-corrected chi connectivity index (χ3v) is 25.3. The van der Waals surface area contributed by atoms with Crippen molar-refractivity contribution in [3.05, 3.63) is 142 Å². The lowest BCUT2D eigenvalue weighted by molar-refractivity contribution is -0.156. The molecule has 8 aliphatic heterocycles. The maximum absolute atomic E-state index is 13.0. The van der Waals surface area contributed by atoms with E-state index in [1.165, 1.54) is 23.2 Å². The molecule has 8 aliphatic rings. The second kappa shape index (κ2) is 43.0. The average Bonchev–Trinajstić information content (AvgIpc) is 1.64. The molecule has 41 nitrogen and oxygen atoms in total. The Hall–Kier alpha value is -13.2. The van der Waals surface area contributed by atoms with Crippen LogP contribution in [0.2, 0.25) is 0 Å². The number of aromatic carboxylic acids is 1. The number of ether oxygens (including phenoxy) is 2. The van der Waals surface area contributed by atoms with Crippen LogP contribution in [0.25, 0.3) is 44.1 Å². The van der Waals surface area contributed by atoms with Gasteiger partial charge in [0.2, 0.25) is 16.3 Å². The molecule has 12 aromatic rings. The number of carbonyl (C=O) groups excluding carboxylic acids is 6. The smallest absolute Gasteiger partial charge is 0.446 e. The molecule has 0 atom stereocenters. The summed E-state index contributed by atoms with van der Waals surface area (Å²) in [6.07, 6.45) is 18.7. The number of nitrogens with two attached hydrogens (primary N) is 1. The van der Waals surface area contributed by atoms with E-state index in [-0.39, 0.29) is 50.1 Å². The number of halogens is 3. The van der Waals surface area contributed by atoms with Crippen LogP contribution in [0.15, 0.2) is 92.5 Å². The van der Waals surface area contributed by atoms with Crippen molar-refractivity contribution < 1.29 is 87.8 Å². The first kappa shape index (κ1) is 99.3. The number of likely N-dealkylation sites (tertiary alicyclic amines) is 2. The highest BCUT2D eigenvalue weighted by Gasteiger charge is 2.39. The number of hydrogen-bond acceptors (Lipinski definition) is 33. The van der Waals surface area contributed by atoms with E-state index >= 15 is 0 Å². The lowest BCUT2D eigenvalue weighted by atomic mass is 9.93. The van der Waals surface area contributed by atoms with Crippen LogP contribution in [0.5, 0.6) is 0 Å². The van der Waals surface area contributed by atoms with E-state index in [0.29, 0.717) is 157 Å². The predicted molar refractivity (Wildman–Crippen MR) is 490 cm³/mol. The summed E-state index contributed by atoms with van der Waals surface area (Å²) < 4.78 is 87.8. The van der Waals surface area contributed by atoms with Gasteiger partial charge in [0.25, 0.3) is 0 Å². The number of sulfonamides is 1. The van der Waals surface area contributed by atoms with E-state index in [1.54, 1.807) is 28.7 Å². The van der Waals surface area contributed by atoms with E-state index in [0.717, 1.165) is 198 Å². The number of amides is 2. The van der Waals surface area contributed by atoms with Crippen molar-refractivity contribution in [2.75, 3.05) is 111 Å². The standard InChI is InChI=1S/C24H30N6O4.C20H24N6O4S.C19H22N6O2.C13H11N5O3.C10H20N2O2.C2HF3O.2CH4/c1-24(2,3)33-23(32)30-11-15(12-30)5-4-6-18(31)20-17-13-29(10-8-19(17)34-28-20)22-16-7-9-25-21(16)26-14-27-22;1-31(28,29)26-9-13(10-26)3-2-4-16(27)18-15-11-25(8-6-17(15)30-24-18)20-14-5-7-21-19(14)22-12-23-20;26-15(3-1-2-12-8-20-9-12)17-14-10-25(7-5-16(14)27-24-17)19-13-4-6-21-18(13)22-11-23-19;19-13(20)10-8-5-18(4-2-9(8)21-17-10)12-7-1-3-14-11(7)15-6-16-12;1-10(2,3)14-9(13)12-6-8(7-12)4-5-11;3-2(4,5)1-6;;/h7,9,14-15H,4-6,8,10-13H2,1-3H3,(H,25,26,27);5,7,12-13H,2-4,6,8-11H2,1H3,(H,21,22,23);4,6,11-12,20H,1-3,5,7-10H2,(H,21,22,23);1,3,6H,2,4-5H2,(H,19,20)(H,14,15,16);8H,4-7,11H2,1-3H3;1H;2*1H4. The first-order chi connectivity index (χ1) is 63.7. The van der Waals surface area contributed by atoms with Gasteiger partial charge < -0.3 is 93.1 Å². The van der Waals surface area contributed by atoms with Gasteiger partial charge in [0.05, 0.1) is 54.0 Å². The number of fused-ring (bicyclic) bond motifs is 8. The summed E-state index contributed by atoms with van der Waals surface area (Å²) >= 11 is 0. The van der Waals surface area contributed by atoms with Crippen LogP contribution in [0.3, 0.4) is 0 Å². The van der Waals surface area contributed by atoms with Gasteiger partial charge in [0, 0.05) is 157 Å². The molecule has 135 heavy (non-hydrogen) atoms. The maximum Gasteiger partial charge on any atom is 0.446 e.